The third-order valence-corrected chi connectivity index (χ3v) is 8.33. The Kier molecular flexibility index (Phi) is 5.22. The molecule has 0 spiro atoms. The fourth-order valence-electron chi connectivity index (χ4n) is 6.84. The number of carbonyl (C=O) groups is 4. The number of imide groups is 2. The molecule has 6 nitrogen and oxygen atoms in total. The zero-order chi connectivity index (χ0) is 25.4. The Labute approximate surface area is 211 Å². The summed E-state index contributed by atoms with van der Waals surface area (Å²) in [5, 5.41) is 0. The van der Waals surface area contributed by atoms with Crippen LogP contribution in [0.4, 0.5) is 0 Å². The first-order valence-electron chi connectivity index (χ1n) is 13.2. The topological polar surface area (TPSA) is 74.8 Å². The zero-order valence-corrected chi connectivity index (χ0v) is 21.2. The summed E-state index contributed by atoms with van der Waals surface area (Å²) in [6, 6.07) is 11.3. The van der Waals surface area contributed by atoms with Crippen molar-refractivity contribution < 1.29 is 19.2 Å². The summed E-state index contributed by atoms with van der Waals surface area (Å²) in [4.78, 5) is 58.5. The van der Waals surface area contributed by atoms with Gasteiger partial charge in [-0.05, 0) is 84.7 Å². The molecule has 6 rings (SSSR count). The predicted molar refractivity (Wildman–Crippen MR) is 134 cm³/mol. The van der Waals surface area contributed by atoms with E-state index in [2.05, 4.69) is 0 Å². The van der Waals surface area contributed by atoms with Crippen molar-refractivity contribution in [3.05, 3.63) is 69.8 Å². The normalized spacial score (nSPS) is 24.0. The molecule has 2 atom stereocenters. The molecular weight excluding hydrogens is 452 g/mol. The van der Waals surface area contributed by atoms with Gasteiger partial charge in [-0.1, -0.05) is 45.0 Å². The molecule has 0 saturated carbocycles. The minimum Gasteiger partial charge on any atom is -0.274 e. The van der Waals surface area contributed by atoms with E-state index < -0.39 is 29.8 Å². The lowest BCUT2D eigenvalue weighted by atomic mass is 9.75. The first-order chi connectivity index (χ1) is 17.2. The van der Waals surface area contributed by atoms with Crippen molar-refractivity contribution in [2.24, 2.45) is 5.41 Å². The molecule has 0 N–H and O–H groups in total. The van der Waals surface area contributed by atoms with Crippen LogP contribution in [0.2, 0.25) is 0 Å². The number of rotatable bonds is 3. The largest absolute Gasteiger partial charge is 0.274 e. The van der Waals surface area contributed by atoms with E-state index in [1.807, 2.05) is 45.0 Å². The standard InChI is InChI=1S/C30H32N2O4/c1-30(2,3)16-23(31-26(33)19-12-4-8-17-9-5-13-20(24(17)19)27(31)34)32-28(35)21-14-6-10-18-11-7-15-22(25(18)21)29(32)36/h4,6,8,10,12,14,20,22-23H,5,7,9,11,13,15-16H2,1-3H3. The van der Waals surface area contributed by atoms with Crippen LogP contribution in [0.1, 0.15) is 108 Å². The predicted octanol–water partition coefficient (Wildman–Crippen LogP) is 4.95. The van der Waals surface area contributed by atoms with E-state index in [0.29, 0.717) is 30.4 Å². The van der Waals surface area contributed by atoms with Crippen LogP contribution < -0.4 is 0 Å². The van der Waals surface area contributed by atoms with Gasteiger partial charge in [-0.2, -0.15) is 0 Å². The molecule has 2 aromatic rings. The van der Waals surface area contributed by atoms with E-state index in [-0.39, 0.29) is 17.2 Å². The minimum absolute atomic E-state index is 0.280. The molecule has 0 saturated heterocycles. The maximum absolute atomic E-state index is 14.0. The molecule has 2 heterocycles. The van der Waals surface area contributed by atoms with Gasteiger partial charge < -0.3 is 0 Å². The van der Waals surface area contributed by atoms with Gasteiger partial charge in [0.2, 0.25) is 11.8 Å². The summed E-state index contributed by atoms with van der Waals surface area (Å²) in [7, 11) is 0. The van der Waals surface area contributed by atoms with Gasteiger partial charge in [0.25, 0.3) is 11.8 Å². The molecule has 0 radical (unpaired) electrons. The Bertz CT molecular complexity index is 1230. The maximum atomic E-state index is 14.0. The first-order valence-corrected chi connectivity index (χ1v) is 13.2. The second-order valence-corrected chi connectivity index (χ2v) is 11.9. The number of benzene rings is 2. The summed E-state index contributed by atoms with van der Waals surface area (Å²) in [6.07, 6.45) is 4.17. The highest BCUT2D eigenvalue weighted by Gasteiger charge is 2.51. The van der Waals surface area contributed by atoms with E-state index in [1.165, 1.54) is 9.80 Å². The third-order valence-electron chi connectivity index (χ3n) is 8.33. The SMILES string of the molecule is CC(C)(C)CC(N1C(=O)c2cccc3c2C(CCC3)C1=O)N1C(=O)c2cccc3c2C(CCC3)C1=O. The van der Waals surface area contributed by atoms with Crippen molar-refractivity contribution in [2.75, 3.05) is 0 Å². The average Bonchev–Trinajstić information content (AvgIpc) is 2.85. The summed E-state index contributed by atoms with van der Waals surface area (Å²) in [5.41, 5.74) is 4.56. The van der Waals surface area contributed by atoms with Crippen molar-refractivity contribution in [3.63, 3.8) is 0 Å². The van der Waals surface area contributed by atoms with Crippen LogP contribution in [-0.2, 0) is 22.4 Å². The van der Waals surface area contributed by atoms with Crippen molar-refractivity contribution in [1.29, 1.82) is 0 Å². The lowest BCUT2D eigenvalue weighted by Gasteiger charge is -2.47. The fourth-order valence-corrected chi connectivity index (χ4v) is 6.84. The van der Waals surface area contributed by atoms with Crippen LogP contribution in [0.5, 0.6) is 0 Å². The highest BCUT2D eigenvalue weighted by atomic mass is 16.2. The number of carbonyl (C=O) groups excluding carboxylic acids is 4. The van der Waals surface area contributed by atoms with Crippen LogP contribution in [-0.4, -0.2) is 39.6 Å². The number of hydrogen-bond acceptors (Lipinski definition) is 4. The smallest absolute Gasteiger partial charge is 0.262 e. The highest BCUT2D eigenvalue weighted by Crippen LogP contribution is 2.45. The van der Waals surface area contributed by atoms with Gasteiger partial charge in [-0.25, -0.2) is 0 Å². The zero-order valence-electron chi connectivity index (χ0n) is 21.2. The molecule has 2 aliphatic carbocycles. The molecule has 6 heteroatoms. The fraction of sp³-hybridized carbons (Fsp3) is 0.467. The Morgan fingerprint density at radius 2 is 1.19 bits per heavy atom. The number of nitrogens with zero attached hydrogens (tertiary/aromatic N) is 2. The van der Waals surface area contributed by atoms with Gasteiger partial charge >= 0.3 is 0 Å². The lowest BCUT2D eigenvalue weighted by Crippen LogP contribution is -2.62. The van der Waals surface area contributed by atoms with Gasteiger partial charge in [-0.15, -0.1) is 0 Å². The molecule has 2 aromatic carbocycles. The first kappa shape index (κ1) is 23.1. The maximum Gasteiger partial charge on any atom is 0.262 e. The monoisotopic (exact) mass is 484 g/mol. The van der Waals surface area contributed by atoms with Gasteiger partial charge in [0.1, 0.15) is 6.17 Å². The molecule has 36 heavy (non-hydrogen) atoms. The Morgan fingerprint density at radius 1 is 0.750 bits per heavy atom. The van der Waals surface area contributed by atoms with Crippen LogP contribution >= 0.6 is 0 Å². The summed E-state index contributed by atoms with van der Waals surface area (Å²) in [5.74, 6) is -2.17. The van der Waals surface area contributed by atoms with E-state index >= 15 is 0 Å². The lowest BCUT2D eigenvalue weighted by molar-refractivity contribution is -0.144. The molecule has 0 aromatic heterocycles. The Balaban J connectivity index is 1.50. The minimum atomic E-state index is -0.956. The molecule has 186 valence electrons. The summed E-state index contributed by atoms with van der Waals surface area (Å²) >= 11 is 0. The van der Waals surface area contributed by atoms with Gasteiger partial charge in [0.05, 0.1) is 11.8 Å². The highest BCUT2D eigenvalue weighted by molar-refractivity contribution is 6.15. The molecule has 2 aliphatic heterocycles. The second-order valence-electron chi connectivity index (χ2n) is 11.9. The molecule has 4 amide bonds. The number of amides is 4. The molecule has 2 unspecified atom stereocenters. The van der Waals surface area contributed by atoms with Crippen molar-refractivity contribution in [2.45, 2.75) is 83.7 Å². The number of aryl methyl sites for hydroxylation is 2. The molecular formula is C30H32N2O4. The van der Waals surface area contributed by atoms with Crippen LogP contribution in [0.15, 0.2) is 36.4 Å². The van der Waals surface area contributed by atoms with Crippen molar-refractivity contribution >= 4 is 23.6 Å². The van der Waals surface area contributed by atoms with Crippen molar-refractivity contribution in [3.8, 4) is 0 Å². The Hall–Kier alpha value is -3.28. The van der Waals surface area contributed by atoms with Gasteiger partial charge in [-0.3, -0.25) is 29.0 Å². The van der Waals surface area contributed by atoms with E-state index in [0.717, 1.165) is 47.9 Å². The van der Waals surface area contributed by atoms with Crippen LogP contribution in [0, 0.1) is 5.41 Å². The van der Waals surface area contributed by atoms with Crippen molar-refractivity contribution in [1.82, 2.24) is 9.80 Å². The van der Waals surface area contributed by atoms with E-state index in [4.69, 9.17) is 0 Å². The summed E-state index contributed by atoms with van der Waals surface area (Å²) < 4.78 is 0. The van der Waals surface area contributed by atoms with Gasteiger partial charge in [0, 0.05) is 11.1 Å². The molecule has 0 bridgehead atoms. The molecule has 0 fully saturated rings. The third kappa shape index (κ3) is 3.37. The van der Waals surface area contributed by atoms with Crippen LogP contribution in [0.3, 0.4) is 0 Å². The molecule has 4 aliphatic rings. The quantitative estimate of drug-likeness (QED) is 0.578. The average molecular weight is 485 g/mol. The van der Waals surface area contributed by atoms with Gasteiger partial charge in [0.15, 0.2) is 0 Å². The van der Waals surface area contributed by atoms with Crippen LogP contribution in [0.25, 0.3) is 0 Å². The second kappa shape index (κ2) is 8.12. The number of hydrogen-bond donors (Lipinski definition) is 0. The van der Waals surface area contributed by atoms with E-state index in [1.54, 1.807) is 12.1 Å². The summed E-state index contributed by atoms with van der Waals surface area (Å²) in [6.45, 7) is 6.03. The Morgan fingerprint density at radius 3 is 1.61 bits per heavy atom. The van der Waals surface area contributed by atoms with E-state index in [9.17, 15) is 19.2 Å².